The maximum absolute atomic E-state index is 12.7. The Morgan fingerprint density at radius 1 is 1.00 bits per heavy atom. The number of carbonyl (C=O) groups is 1. The van der Waals surface area contributed by atoms with Crippen molar-refractivity contribution in [1.82, 2.24) is 15.1 Å². The van der Waals surface area contributed by atoms with Gasteiger partial charge in [-0.1, -0.05) is 24.3 Å². The number of benzene rings is 1. The van der Waals surface area contributed by atoms with Gasteiger partial charge in [-0.2, -0.15) is 0 Å². The molecule has 0 saturated carbocycles. The Labute approximate surface area is 168 Å². The van der Waals surface area contributed by atoms with E-state index in [1.807, 2.05) is 64.9 Å². The Morgan fingerprint density at radius 2 is 1.79 bits per heavy atom. The van der Waals surface area contributed by atoms with Crippen LogP contribution < -0.4 is 9.64 Å². The van der Waals surface area contributed by atoms with Crippen molar-refractivity contribution in [2.24, 2.45) is 0 Å². The van der Waals surface area contributed by atoms with Crippen molar-refractivity contribution in [2.75, 3.05) is 31.1 Å². The molecule has 0 aliphatic carbocycles. The highest BCUT2D eigenvalue weighted by Crippen LogP contribution is 2.23. The van der Waals surface area contributed by atoms with Gasteiger partial charge in [0.05, 0.1) is 4.88 Å². The molecule has 1 saturated heterocycles. The number of rotatable bonds is 5. The van der Waals surface area contributed by atoms with Crippen LogP contribution in [0.25, 0.3) is 10.6 Å². The molecule has 1 atom stereocenters. The molecule has 0 spiro atoms. The quantitative estimate of drug-likeness (QED) is 0.664. The van der Waals surface area contributed by atoms with Crippen molar-refractivity contribution < 1.29 is 9.53 Å². The molecule has 0 bridgehead atoms. The summed E-state index contributed by atoms with van der Waals surface area (Å²) in [5.74, 6) is 1.58. The van der Waals surface area contributed by atoms with Crippen LogP contribution in [-0.4, -0.2) is 53.3 Å². The van der Waals surface area contributed by atoms with Gasteiger partial charge in [0.25, 0.3) is 5.91 Å². The average molecular weight is 395 g/mol. The van der Waals surface area contributed by atoms with Gasteiger partial charge in [0.2, 0.25) is 0 Å². The van der Waals surface area contributed by atoms with Crippen LogP contribution >= 0.6 is 11.3 Å². The zero-order chi connectivity index (χ0) is 19.3. The molecule has 1 aliphatic rings. The summed E-state index contributed by atoms with van der Waals surface area (Å²) in [5.41, 5.74) is 0.888. The zero-order valence-corrected chi connectivity index (χ0v) is 16.5. The molecule has 7 heteroatoms. The molecule has 28 heavy (non-hydrogen) atoms. The van der Waals surface area contributed by atoms with E-state index in [0.717, 1.165) is 29.5 Å². The molecule has 0 radical (unpaired) electrons. The minimum atomic E-state index is -0.501. The predicted molar refractivity (Wildman–Crippen MR) is 111 cm³/mol. The van der Waals surface area contributed by atoms with Crippen LogP contribution in [0.2, 0.25) is 0 Å². The van der Waals surface area contributed by atoms with Gasteiger partial charge in [-0.25, -0.2) is 0 Å². The lowest BCUT2D eigenvalue weighted by Gasteiger charge is -2.36. The van der Waals surface area contributed by atoms with E-state index in [4.69, 9.17) is 4.74 Å². The van der Waals surface area contributed by atoms with E-state index in [1.165, 1.54) is 0 Å². The second-order valence-corrected chi connectivity index (χ2v) is 7.59. The molecular weight excluding hydrogens is 372 g/mol. The van der Waals surface area contributed by atoms with Gasteiger partial charge in [-0.15, -0.1) is 21.5 Å². The second kappa shape index (κ2) is 8.39. The lowest BCUT2D eigenvalue weighted by atomic mass is 10.2. The minimum absolute atomic E-state index is 0.0163. The van der Waals surface area contributed by atoms with Crippen molar-refractivity contribution in [1.29, 1.82) is 0 Å². The molecule has 6 nitrogen and oxygen atoms in total. The van der Waals surface area contributed by atoms with Gasteiger partial charge in [0.15, 0.2) is 11.9 Å². The van der Waals surface area contributed by atoms with Gasteiger partial charge < -0.3 is 14.5 Å². The molecule has 1 fully saturated rings. The third-order valence-electron chi connectivity index (χ3n) is 4.74. The highest BCUT2D eigenvalue weighted by Gasteiger charge is 2.26. The number of ether oxygens (including phenoxy) is 1. The molecule has 3 heterocycles. The number of amides is 1. The van der Waals surface area contributed by atoms with Crippen molar-refractivity contribution in [3.63, 3.8) is 0 Å². The van der Waals surface area contributed by atoms with Crippen LogP contribution in [0.5, 0.6) is 5.75 Å². The minimum Gasteiger partial charge on any atom is -0.481 e. The van der Waals surface area contributed by atoms with Crippen LogP contribution in [0, 0.1) is 0 Å². The molecule has 1 aromatic carbocycles. The van der Waals surface area contributed by atoms with Crippen LogP contribution in [0.4, 0.5) is 5.82 Å². The summed E-state index contributed by atoms with van der Waals surface area (Å²) in [4.78, 5) is 17.8. The van der Waals surface area contributed by atoms with E-state index in [2.05, 4.69) is 15.1 Å². The maximum atomic E-state index is 12.7. The highest BCUT2D eigenvalue weighted by molar-refractivity contribution is 7.13. The van der Waals surface area contributed by atoms with Gasteiger partial charge >= 0.3 is 0 Å². The number of anilines is 1. The normalized spacial score (nSPS) is 15.3. The SMILES string of the molecule is CC(Oc1ccccc1)C(=O)N1CCN(c2ccc(-c3cccs3)nn2)CC1. The van der Waals surface area contributed by atoms with Gasteiger partial charge in [-0.05, 0) is 42.6 Å². The molecule has 1 unspecified atom stereocenters. The lowest BCUT2D eigenvalue weighted by molar-refractivity contribution is -0.138. The van der Waals surface area contributed by atoms with Crippen molar-refractivity contribution >= 4 is 23.1 Å². The molecule has 3 aromatic rings. The van der Waals surface area contributed by atoms with E-state index in [0.29, 0.717) is 18.8 Å². The monoisotopic (exact) mass is 394 g/mol. The second-order valence-electron chi connectivity index (χ2n) is 6.64. The van der Waals surface area contributed by atoms with Crippen LogP contribution in [-0.2, 0) is 4.79 Å². The molecule has 144 valence electrons. The molecule has 1 aliphatic heterocycles. The number of aromatic nitrogens is 2. The number of carbonyl (C=O) groups excluding carboxylic acids is 1. The zero-order valence-electron chi connectivity index (χ0n) is 15.7. The molecule has 1 amide bonds. The fourth-order valence-corrected chi connectivity index (χ4v) is 3.91. The van der Waals surface area contributed by atoms with Crippen LogP contribution in [0.3, 0.4) is 0 Å². The fraction of sp³-hybridized carbons (Fsp3) is 0.286. The number of thiophene rings is 1. The van der Waals surface area contributed by atoms with Crippen LogP contribution in [0.15, 0.2) is 60.0 Å². The van der Waals surface area contributed by atoms with E-state index in [1.54, 1.807) is 18.3 Å². The molecular formula is C21H22N4O2S. The fourth-order valence-electron chi connectivity index (χ4n) is 3.22. The van der Waals surface area contributed by atoms with Crippen molar-refractivity contribution in [3.05, 3.63) is 60.0 Å². The predicted octanol–water partition coefficient (Wildman–Crippen LogP) is 3.32. The van der Waals surface area contributed by atoms with Gasteiger partial charge in [0, 0.05) is 26.2 Å². The number of para-hydroxylation sites is 1. The Kier molecular flexibility index (Phi) is 5.53. The number of hydrogen-bond acceptors (Lipinski definition) is 6. The summed E-state index contributed by atoms with van der Waals surface area (Å²) in [6.07, 6.45) is -0.501. The molecule has 0 N–H and O–H groups in total. The average Bonchev–Trinajstić information content (AvgIpc) is 3.29. The van der Waals surface area contributed by atoms with E-state index in [-0.39, 0.29) is 5.91 Å². The highest BCUT2D eigenvalue weighted by atomic mass is 32.1. The van der Waals surface area contributed by atoms with Gasteiger partial charge in [-0.3, -0.25) is 4.79 Å². The lowest BCUT2D eigenvalue weighted by Crippen LogP contribution is -2.52. The number of nitrogens with zero attached hydrogens (tertiary/aromatic N) is 4. The summed E-state index contributed by atoms with van der Waals surface area (Å²) in [7, 11) is 0. The summed E-state index contributed by atoms with van der Waals surface area (Å²) >= 11 is 1.65. The largest absolute Gasteiger partial charge is 0.481 e. The van der Waals surface area contributed by atoms with Crippen molar-refractivity contribution in [3.8, 4) is 16.3 Å². The van der Waals surface area contributed by atoms with E-state index >= 15 is 0 Å². The summed E-state index contributed by atoms with van der Waals surface area (Å²) in [5, 5.41) is 10.7. The number of hydrogen-bond donors (Lipinski definition) is 0. The van der Waals surface area contributed by atoms with E-state index in [9.17, 15) is 4.79 Å². The van der Waals surface area contributed by atoms with Crippen molar-refractivity contribution in [2.45, 2.75) is 13.0 Å². The first-order valence-corrected chi connectivity index (χ1v) is 10.2. The Morgan fingerprint density at radius 3 is 2.43 bits per heavy atom. The first-order chi connectivity index (χ1) is 13.7. The first kappa shape index (κ1) is 18.4. The van der Waals surface area contributed by atoms with Crippen LogP contribution in [0.1, 0.15) is 6.92 Å². The molecule has 4 rings (SSSR count). The number of piperazine rings is 1. The standard InChI is InChI=1S/C21H22N4O2S/c1-16(27-17-6-3-2-4-7-17)21(26)25-13-11-24(12-14-25)20-10-9-18(22-23-20)19-8-5-15-28-19/h2-10,15-16H,11-14H2,1H3. The summed E-state index contributed by atoms with van der Waals surface area (Å²) in [6.45, 7) is 4.56. The first-order valence-electron chi connectivity index (χ1n) is 9.34. The third kappa shape index (κ3) is 4.14. The topological polar surface area (TPSA) is 58.6 Å². The molecule has 2 aromatic heterocycles. The third-order valence-corrected chi connectivity index (χ3v) is 5.64. The smallest absolute Gasteiger partial charge is 0.263 e. The Balaban J connectivity index is 1.32. The Hall–Kier alpha value is -2.93. The van der Waals surface area contributed by atoms with E-state index < -0.39 is 6.10 Å². The Bertz CT molecular complexity index is 892. The summed E-state index contributed by atoms with van der Waals surface area (Å²) < 4.78 is 5.76. The summed E-state index contributed by atoms with van der Waals surface area (Å²) in [6, 6.07) is 17.5. The maximum Gasteiger partial charge on any atom is 0.263 e. The van der Waals surface area contributed by atoms with Gasteiger partial charge in [0.1, 0.15) is 11.4 Å².